The molecule has 0 amide bonds. The minimum Gasteiger partial charge on any atom is -0.444 e. The van der Waals surface area contributed by atoms with Crippen LogP contribution < -0.4 is 0 Å². The van der Waals surface area contributed by atoms with Crippen molar-refractivity contribution >= 4 is 5.97 Å². The quantitative estimate of drug-likeness (QED) is 0.638. The van der Waals surface area contributed by atoms with Crippen molar-refractivity contribution in [2.45, 2.75) is 33.4 Å². The average molecular weight is 359 g/mol. The molecule has 0 fully saturated rings. The Bertz CT molecular complexity index is 1000. The van der Waals surface area contributed by atoms with E-state index in [0.717, 1.165) is 16.7 Å². The molecule has 0 saturated carbocycles. The van der Waals surface area contributed by atoms with Crippen LogP contribution in [0.1, 0.15) is 34.0 Å². The number of aromatic nitrogens is 2. The van der Waals surface area contributed by atoms with Crippen molar-refractivity contribution in [3.63, 3.8) is 0 Å². The zero-order chi connectivity index (χ0) is 19.4. The van der Waals surface area contributed by atoms with Gasteiger partial charge < -0.3 is 4.74 Å². The Morgan fingerprint density at radius 3 is 2.59 bits per heavy atom. The van der Waals surface area contributed by atoms with Gasteiger partial charge in [0.2, 0.25) is 0 Å². The molecular weight excluding hydrogens is 338 g/mol. The first-order valence-electron chi connectivity index (χ1n) is 8.77. The third-order valence-corrected chi connectivity index (χ3v) is 4.41. The third-order valence-electron chi connectivity index (χ3n) is 4.41. The van der Waals surface area contributed by atoms with Crippen molar-refractivity contribution in [2.75, 3.05) is 0 Å². The van der Waals surface area contributed by atoms with Crippen LogP contribution in [0.3, 0.4) is 0 Å². The second-order valence-electron chi connectivity index (χ2n) is 6.55. The minimum atomic E-state index is -0.817. The van der Waals surface area contributed by atoms with Gasteiger partial charge in [-0.1, -0.05) is 42.5 Å². The number of rotatable bonds is 5. The van der Waals surface area contributed by atoms with Crippen LogP contribution >= 0.6 is 0 Å². The van der Waals surface area contributed by atoms with Crippen LogP contribution in [0.15, 0.2) is 54.7 Å². The lowest BCUT2D eigenvalue weighted by molar-refractivity contribution is 0.0436. The molecule has 0 aliphatic rings. The topological polar surface area (TPSA) is 67.9 Å². The van der Waals surface area contributed by atoms with Gasteiger partial charge in [0.1, 0.15) is 17.3 Å². The first-order valence-corrected chi connectivity index (χ1v) is 8.77. The zero-order valence-electron chi connectivity index (χ0n) is 15.6. The zero-order valence-corrected chi connectivity index (χ0v) is 15.6. The van der Waals surface area contributed by atoms with Gasteiger partial charge in [0.25, 0.3) is 0 Å². The summed E-state index contributed by atoms with van der Waals surface area (Å²) in [6.45, 7) is 6.15. The van der Waals surface area contributed by atoms with E-state index in [1.54, 1.807) is 17.8 Å². The van der Waals surface area contributed by atoms with Crippen molar-refractivity contribution in [3.8, 4) is 17.3 Å². The van der Waals surface area contributed by atoms with Gasteiger partial charge in [0, 0.05) is 11.8 Å². The summed E-state index contributed by atoms with van der Waals surface area (Å²) in [5.41, 5.74) is 5.14. The summed E-state index contributed by atoms with van der Waals surface area (Å²) in [7, 11) is 0. The Morgan fingerprint density at radius 1 is 1.19 bits per heavy atom. The molecule has 0 spiro atoms. The van der Waals surface area contributed by atoms with E-state index < -0.39 is 12.1 Å². The van der Waals surface area contributed by atoms with E-state index in [1.165, 1.54) is 5.56 Å². The van der Waals surface area contributed by atoms with Crippen molar-refractivity contribution in [3.05, 3.63) is 77.0 Å². The van der Waals surface area contributed by atoms with Gasteiger partial charge in [0.15, 0.2) is 6.10 Å². The van der Waals surface area contributed by atoms with Crippen LogP contribution in [-0.2, 0) is 11.3 Å². The molecule has 3 aromatic rings. The van der Waals surface area contributed by atoms with Crippen molar-refractivity contribution < 1.29 is 9.53 Å². The lowest BCUT2D eigenvalue weighted by atomic mass is 10.0. The highest BCUT2D eigenvalue weighted by molar-refractivity contribution is 5.96. The standard InChI is InChI=1S/C22H21N3O2/c1-15-9-10-19(11-16(15)2)21-20(22(26)27-17(3)12-23)14-25(24-21)13-18-7-5-4-6-8-18/h4-11,14,17H,13H2,1-3H3/t17-/m1/s1. The lowest BCUT2D eigenvalue weighted by Gasteiger charge is -2.07. The number of carbonyl (C=O) groups excluding carboxylic acids is 1. The summed E-state index contributed by atoms with van der Waals surface area (Å²) in [5, 5.41) is 13.6. The van der Waals surface area contributed by atoms with Gasteiger partial charge in [-0.15, -0.1) is 0 Å². The molecular formula is C22H21N3O2. The summed E-state index contributed by atoms with van der Waals surface area (Å²) in [4.78, 5) is 12.6. The summed E-state index contributed by atoms with van der Waals surface area (Å²) in [6.07, 6.45) is 0.867. The Balaban J connectivity index is 2.02. The van der Waals surface area contributed by atoms with Gasteiger partial charge in [-0.05, 0) is 43.5 Å². The molecule has 0 N–H and O–H groups in total. The lowest BCUT2D eigenvalue weighted by Crippen LogP contribution is -2.13. The number of benzene rings is 2. The van der Waals surface area contributed by atoms with E-state index in [0.29, 0.717) is 17.8 Å². The molecule has 27 heavy (non-hydrogen) atoms. The van der Waals surface area contributed by atoms with Crippen molar-refractivity contribution in [1.82, 2.24) is 9.78 Å². The Labute approximate surface area is 158 Å². The normalized spacial score (nSPS) is 11.6. The molecule has 0 radical (unpaired) electrons. The SMILES string of the molecule is Cc1ccc(-c2nn(Cc3ccccc3)cc2C(=O)O[C@H](C)C#N)cc1C. The highest BCUT2D eigenvalue weighted by Gasteiger charge is 2.21. The van der Waals surface area contributed by atoms with Crippen LogP contribution in [0.2, 0.25) is 0 Å². The highest BCUT2D eigenvalue weighted by atomic mass is 16.5. The van der Waals surface area contributed by atoms with Crippen LogP contribution in [-0.4, -0.2) is 21.9 Å². The van der Waals surface area contributed by atoms with Crippen LogP contribution in [0.5, 0.6) is 0 Å². The van der Waals surface area contributed by atoms with Crippen LogP contribution in [0.4, 0.5) is 0 Å². The largest absolute Gasteiger partial charge is 0.444 e. The van der Waals surface area contributed by atoms with Crippen LogP contribution in [0.25, 0.3) is 11.3 Å². The third kappa shape index (κ3) is 4.24. The summed E-state index contributed by atoms with van der Waals surface area (Å²) < 4.78 is 6.94. The first kappa shape index (κ1) is 18.4. The fourth-order valence-electron chi connectivity index (χ4n) is 2.77. The van der Waals surface area contributed by atoms with Gasteiger partial charge >= 0.3 is 5.97 Å². The fraction of sp³-hybridized carbons (Fsp3) is 0.227. The smallest absolute Gasteiger partial charge is 0.343 e. The monoisotopic (exact) mass is 359 g/mol. The number of ether oxygens (including phenoxy) is 1. The van der Waals surface area contributed by atoms with Gasteiger partial charge in [-0.3, -0.25) is 4.68 Å². The summed E-state index contributed by atoms with van der Waals surface area (Å²) in [5.74, 6) is -0.545. The van der Waals surface area contributed by atoms with E-state index in [9.17, 15) is 4.79 Å². The van der Waals surface area contributed by atoms with Gasteiger partial charge in [0.05, 0.1) is 6.54 Å². The van der Waals surface area contributed by atoms with Gasteiger partial charge in [-0.2, -0.15) is 10.4 Å². The van der Waals surface area contributed by atoms with E-state index >= 15 is 0 Å². The second-order valence-corrected chi connectivity index (χ2v) is 6.55. The Morgan fingerprint density at radius 2 is 1.93 bits per heavy atom. The molecule has 1 atom stereocenters. The summed E-state index contributed by atoms with van der Waals surface area (Å²) in [6, 6.07) is 17.8. The number of hydrogen-bond acceptors (Lipinski definition) is 4. The molecule has 5 nitrogen and oxygen atoms in total. The van der Waals surface area contributed by atoms with E-state index in [4.69, 9.17) is 10.00 Å². The second kappa shape index (κ2) is 7.88. The predicted octanol–water partition coefficient (Wildman–Crippen LogP) is 4.28. The maximum absolute atomic E-state index is 12.6. The van der Waals surface area contributed by atoms with E-state index in [1.807, 2.05) is 68.4 Å². The number of aryl methyl sites for hydroxylation is 2. The predicted molar refractivity (Wildman–Crippen MR) is 103 cm³/mol. The van der Waals surface area contributed by atoms with Crippen molar-refractivity contribution in [1.29, 1.82) is 5.26 Å². The van der Waals surface area contributed by atoms with Crippen molar-refractivity contribution in [2.24, 2.45) is 0 Å². The average Bonchev–Trinajstić information content (AvgIpc) is 3.08. The van der Waals surface area contributed by atoms with E-state index in [2.05, 4.69) is 5.10 Å². The molecule has 1 heterocycles. The maximum atomic E-state index is 12.6. The van der Waals surface area contributed by atoms with Crippen LogP contribution in [0, 0.1) is 25.2 Å². The molecule has 0 aliphatic heterocycles. The number of nitriles is 1. The molecule has 2 aromatic carbocycles. The number of esters is 1. The summed E-state index contributed by atoms with van der Waals surface area (Å²) >= 11 is 0. The number of nitrogens with zero attached hydrogens (tertiary/aromatic N) is 3. The Hall–Kier alpha value is -3.39. The highest BCUT2D eigenvalue weighted by Crippen LogP contribution is 2.26. The molecule has 0 aliphatic carbocycles. The Kier molecular flexibility index (Phi) is 5.37. The molecule has 0 unspecified atom stereocenters. The van der Waals surface area contributed by atoms with Gasteiger partial charge in [-0.25, -0.2) is 4.79 Å². The fourth-order valence-corrected chi connectivity index (χ4v) is 2.77. The number of hydrogen-bond donors (Lipinski definition) is 0. The molecule has 1 aromatic heterocycles. The molecule has 136 valence electrons. The van der Waals surface area contributed by atoms with E-state index in [-0.39, 0.29) is 0 Å². The molecule has 0 bridgehead atoms. The first-order chi connectivity index (χ1) is 13.0. The minimum absolute atomic E-state index is 0.358. The molecule has 5 heteroatoms. The number of carbonyl (C=O) groups is 1. The maximum Gasteiger partial charge on any atom is 0.343 e. The molecule has 0 saturated heterocycles. The molecule has 3 rings (SSSR count).